The molecule has 0 aliphatic rings. The molecule has 118 valence electrons. The van der Waals surface area contributed by atoms with Crippen LogP contribution in [0.4, 0.5) is 5.82 Å². The number of anilines is 1. The molecule has 2 aromatic carbocycles. The van der Waals surface area contributed by atoms with Crippen LogP contribution in [0.25, 0.3) is 10.8 Å². The zero-order valence-electron chi connectivity index (χ0n) is 12.7. The number of halogens is 2. The molecule has 0 unspecified atom stereocenters. The minimum atomic E-state index is 0.401. The zero-order valence-corrected chi connectivity index (χ0v) is 14.2. The first-order valence-electron chi connectivity index (χ1n) is 7.07. The molecule has 0 fully saturated rings. The number of nitrogens with zero attached hydrogens (tertiary/aromatic N) is 2. The van der Waals surface area contributed by atoms with Crippen LogP contribution in [0, 0.1) is 6.92 Å². The Hall–Kier alpha value is -2.04. The predicted octanol–water partition coefficient (Wildman–Crippen LogP) is 4.87. The Kier molecular flexibility index (Phi) is 4.55. The molecule has 0 saturated heterocycles. The van der Waals surface area contributed by atoms with Crippen molar-refractivity contribution in [3.05, 3.63) is 57.7 Å². The average molecular weight is 348 g/mol. The van der Waals surface area contributed by atoms with Crippen molar-refractivity contribution in [3.63, 3.8) is 0 Å². The molecule has 23 heavy (non-hydrogen) atoms. The molecule has 0 aliphatic heterocycles. The van der Waals surface area contributed by atoms with E-state index in [2.05, 4.69) is 15.5 Å². The molecule has 0 saturated carbocycles. The number of aromatic nitrogens is 2. The standard InChI is InChI=1S/C17H15Cl2N3O/c1-10-3-5-12-13(7-10)17(22-21-16(12)19)20-9-11-4-6-15(23-2)14(18)8-11/h3-8H,9H2,1-2H3,(H,20,22). The summed E-state index contributed by atoms with van der Waals surface area (Å²) in [6, 6.07) is 11.7. The predicted molar refractivity (Wildman–Crippen MR) is 94.6 cm³/mol. The number of methoxy groups -OCH3 is 1. The molecule has 1 aromatic heterocycles. The Morgan fingerprint density at radius 1 is 1.04 bits per heavy atom. The minimum absolute atomic E-state index is 0.401. The molecule has 4 nitrogen and oxygen atoms in total. The lowest BCUT2D eigenvalue weighted by atomic mass is 10.1. The summed E-state index contributed by atoms with van der Waals surface area (Å²) in [6.07, 6.45) is 0. The number of hydrogen-bond donors (Lipinski definition) is 1. The lowest BCUT2D eigenvalue weighted by Gasteiger charge is -2.10. The summed E-state index contributed by atoms with van der Waals surface area (Å²) in [5.41, 5.74) is 2.16. The zero-order chi connectivity index (χ0) is 16.4. The highest BCUT2D eigenvalue weighted by atomic mass is 35.5. The number of aryl methyl sites for hydroxylation is 1. The van der Waals surface area contributed by atoms with Gasteiger partial charge in [0.25, 0.3) is 0 Å². The van der Waals surface area contributed by atoms with Crippen LogP contribution in [0.2, 0.25) is 10.2 Å². The Labute approximate surface area is 144 Å². The van der Waals surface area contributed by atoms with Gasteiger partial charge in [0.2, 0.25) is 0 Å². The van der Waals surface area contributed by atoms with Gasteiger partial charge in [-0.25, -0.2) is 0 Å². The lowest BCUT2D eigenvalue weighted by Crippen LogP contribution is -2.04. The minimum Gasteiger partial charge on any atom is -0.495 e. The van der Waals surface area contributed by atoms with Gasteiger partial charge < -0.3 is 10.1 Å². The number of ether oxygens (including phenoxy) is 1. The van der Waals surface area contributed by atoms with E-state index in [1.807, 2.05) is 43.3 Å². The first kappa shape index (κ1) is 15.8. The van der Waals surface area contributed by atoms with Gasteiger partial charge in [-0.15, -0.1) is 10.2 Å². The van der Waals surface area contributed by atoms with E-state index < -0.39 is 0 Å². The first-order chi connectivity index (χ1) is 11.1. The van der Waals surface area contributed by atoms with Crippen LogP contribution in [-0.4, -0.2) is 17.3 Å². The van der Waals surface area contributed by atoms with Gasteiger partial charge in [-0.1, -0.05) is 47.0 Å². The van der Waals surface area contributed by atoms with Crippen molar-refractivity contribution < 1.29 is 4.74 Å². The van der Waals surface area contributed by atoms with E-state index in [0.717, 1.165) is 21.9 Å². The maximum atomic E-state index is 6.15. The van der Waals surface area contributed by atoms with Gasteiger partial charge >= 0.3 is 0 Å². The third-order valence-corrected chi connectivity index (χ3v) is 4.14. The molecule has 6 heteroatoms. The topological polar surface area (TPSA) is 47.0 Å². The molecule has 0 spiro atoms. The Bertz CT molecular complexity index is 868. The number of nitrogens with one attached hydrogen (secondary N) is 1. The summed E-state index contributed by atoms with van der Waals surface area (Å²) in [4.78, 5) is 0. The quantitative estimate of drug-likeness (QED) is 0.731. The van der Waals surface area contributed by atoms with Crippen LogP contribution in [-0.2, 0) is 6.54 Å². The summed E-state index contributed by atoms with van der Waals surface area (Å²) < 4.78 is 5.16. The lowest BCUT2D eigenvalue weighted by molar-refractivity contribution is 0.415. The Morgan fingerprint density at radius 2 is 1.87 bits per heavy atom. The van der Waals surface area contributed by atoms with Crippen LogP contribution in [0.3, 0.4) is 0 Å². The fourth-order valence-corrected chi connectivity index (χ4v) is 2.85. The highest BCUT2D eigenvalue weighted by Gasteiger charge is 2.09. The molecule has 0 bridgehead atoms. The average Bonchev–Trinajstić information content (AvgIpc) is 2.54. The molecule has 3 rings (SSSR count). The summed E-state index contributed by atoms with van der Waals surface area (Å²) in [5.74, 6) is 1.35. The second-order valence-corrected chi connectivity index (χ2v) is 5.98. The number of fused-ring (bicyclic) bond motifs is 1. The molecule has 1 N–H and O–H groups in total. The maximum Gasteiger partial charge on any atom is 0.159 e. The van der Waals surface area contributed by atoms with Gasteiger partial charge in [-0.05, 0) is 30.7 Å². The number of hydrogen-bond acceptors (Lipinski definition) is 4. The summed E-state index contributed by atoms with van der Waals surface area (Å²) in [6.45, 7) is 2.60. The molecular weight excluding hydrogens is 333 g/mol. The second kappa shape index (κ2) is 6.60. The van der Waals surface area contributed by atoms with Crippen molar-refractivity contribution in [1.82, 2.24) is 10.2 Å². The Balaban J connectivity index is 1.89. The van der Waals surface area contributed by atoms with Gasteiger partial charge in [-0.3, -0.25) is 0 Å². The van der Waals surface area contributed by atoms with E-state index in [-0.39, 0.29) is 0 Å². The van der Waals surface area contributed by atoms with Gasteiger partial charge in [0.15, 0.2) is 11.0 Å². The fraction of sp³-hybridized carbons (Fsp3) is 0.176. The largest absolute Gasteiger partial charge is 0.495 e. The van der Waals surface area contributed by atoms with E-state index in [0.29, 0.717) is 28.3 Å². The normalized spacial score (nSPS) is 10.8. The van der Waals surface area contributed by atoms with Crippen molar-refractivity contribution in [2.45, 2.75) is 13.5 Å². The summed E-state index contributed by atoms with van der Waals surface area (Å²) in [5, 5.41) is 14.3. The van der Waals surface area contributed by atoms with Crippen LogP contribution in [0.1, 0.15) is 11.1 Å². The van der Waals surface area contributed by atoms with Crippen LogP contribution in [0.15, 0.2) is 36.4 Å². The van der Waals surface area contributed by atoms with Gasteiger partial charge in [0.05, 0.1) is 12.1 Å². The van der Waals surface area contributed by atoms with E-state index in [1.54, 1.807) is 7.11 Å². The van der Waals surface area contributed by atoms with Crippen LogP contribution < -0.4 is 10.1 Å². The van der Waals surface area contributed by atoms with Crippen molar-refractivity contribution in [1.29, 1.82) is 0 Å². The van der Waals surface area contributed by atoms with Gasteiger partial charge in [0, 0.05) is 17.3 Å². The van der Waals surface area contributed by atoms with Crippen LogP contribution in [0.5, 0.6) is 5.75 Å². The fourth-order valence-electron chi connectivity index (χ4n) is 2.37. The van der Waals surface area contributed by atoms with Crippen molar-refractivity contribution in [3.8, 4) is 5.75 Å². The maximum absolute atomic E-state index is 6.15. The SMILES string of the molecule is COc1ccc(CNc2nnc(Cl)c3ccc(C)cc23)cc1Cl. The molecule has 0 aliphatic carbocycles. The summed E-state index contributed by atoms with van der Waals surface area (Å²) >= 11 is 12.3. The van der Waals surface area contributed by atoms with Gasteiger partial charge in [0.1, 0.15) is 5.75 Å². The highest BCUT2D eigenvalue weighted by Crippen LogP contribution is 2.28. The van der Waals surface area contributed by atoms with Crippen molar-refractivity contribution in [2.24, 2.45) is 0 Å². The molecule has 0 atom stereocenters. The summed E-state index contributed by atoms with van der Waals surface area (Å²) in [7, 11) is 1.59. The van der Waals surface area contributed by atoms with Crippen molar-refractivity contribution in [2.75, 3.05) is 12.4 Å². The molecule has 0 amide bonds. The molecule has 1 heterocycles. The number of benzene rings is 2. The Morgan fingerprint density at radius 3 is 2.61 bits per heavy atom. The first-order valence-corrected chi connectivity index (χ1v) is 7.83. The van der Waals surface area contributed by atoms with E-state index in [9.17, 15) is 0 Å². The molecule has 3 aromatic rings. The van der Waals surface area contributed by atoms with E-state index >= 15 is 0 Å². The second-order valence-electron chi connectivity index (χ2n) is 5.21. The number of rotatable bonds is 4. The van der Waals surface area contributed by atoms with Crippen molar-refractivity contribution >= 4 is 39.8 Å². The van der Waals surface area contributed by atoms with E-state index in [4.69, 9.17) is 27.9 Å². The molecule has 0 radical (unpaired) electrons. The van der Waals surface area contributed by atoms with Gasteiger partial charge in [-0.2, -0.15) is 0 Å². The van der Waals surface area contributed by atoms with E-state index in [1.165, 1.54) is 0 Å². The smallest absolute Gasteiger partial charge is 0.159 e. The highest BCUT2D eigenvalue weighted by molar-refractivity contribution is 6.34. The monoisotopic (exact) mass is 347 g/mol. The third-order valence-electron chi connectivity index (χ3n) is 3.57. The van der Waals surface area contributed by atoms with Crippen LogP contribution >= 0.6 is 23.2 Å². The molecular formula is C17H15Cl2N3O. The third kappa shape index (κ3) is 3.33.